The van der Waals surface area contributed by atoms with Crippen molar-refractivity contribution in [2.45, 2.75) is 38.8 Å². The molecule has 9 heteroatoms. The van der Waals surface area contributed by atoms with E-state index in [1.807, 2.05) is 41.3 Å². The van der Waals surface area contributed by atoms with E-state index in [2.05, 4.69) is 10.2 Å². The fourth-order valence-corrected chi connectivity index (χ4v) is 4.54. The lowest BCUT2D eigenvalue weighted by Crippen LogP contribution is -2.40. The molecule has 8 nitrogen and oxygen atoms in total. The van der Waals surface area contributed by atoms with Crippen LogP contribution in [0, 0.1) is 12.7 Å². The maximum atomic E-state index is 13.8. The van der Waals surface area contributed by atoms with Gasteiger partial charge in [-0.1, -0.05) is 30.3 Å². The van der Waals surface area contributed by atoms with Gasteiger partial charge in [0.15, 0.2) is 0 Å². The van der Waals surface area contributed by atoms with Gasteiger partial charge in [-0.05, 0) is 55.2 Å². The van der Waals surface area contributed by atoms with Crippen molar-refractivity contribution in [2.75, 3.05) is 20.2 Å². The molecule has 1 amide bonds. The summed E-state index contributed by atoms with van der Waals surface area (Å²) in [6.45, 7) is 3.35. The summed E-state index contributed by atoms with van der Waals surface area (Å²) in [4.78, 5) is 15.1. The zero-order chi connectivity index (χ0) is 25.1. The molecule has 1 fully saturated rings. The van der Waals surface area contributed by atoms with Crippen LogP contribution in [-0.4, -0.2) is 51.0 Å². The Labute approximate surface area is 208 Å². The smallest absolute Gasteiger partial charge is 0.244 e. The van der Waals surface area contributed by atoms with Gasteiger partial charge in [-0.2, -0.15) is 5.10 Å². The van der Waals surface area contributed by atoms with Crippen LogP contribution in [0.5, 0.6) is 0 Å². The van der Waals surface area contributed by atoms with Crippen LogP contribution in [0.2, 0.25) is 0 Å². The largest absolute Gasteiger partial charge is 0.422 e. The second kappa shape index (κ2) is 10.4. The number of carbonyl (C=O) groups is 1. The Morgan fingerprint density at radius 3 is 2.58 bits per heavy atom. The van der Waals surface area contributed by atoms with Crippen molar-refractivity contribution in [3.63, 3.8) is 0 Å². The summed E-state index contributed by atoms with van der Waals surface area (Å²) >= 11 is 0. The number of ether oxygens (including phenoxy) is 1. The molecule has 2 aromatic heterocycles. The number of halogens is 1. The van der Waals surface area contributed by atoms with Crippen LogP contribution in [0.1, 0.15) is 36.1 Å². The van der Waals surface area contributed by atoms with Crippen LogP contribution in [0.4, 0.5) is 4.39 Å². The number of carbonyl (C=O) groups excluding carboxylic acids is 1. The van der Waals surface area contributed by atoms with Gasteiger partial charge in [-0.3, -0.25) is 9.48 Å². The second-order valence-corrected chi connectivity index (χ2v) is 9.02. The van der Waals surface area contributed by atoms with Gasteiger partial charge in [0.25, 0.3) is 0 Å². The number of aryl methyl sites for hydroxylation is 1. The van der Waals surface area contributed by atoms with Gasteiger partial charge in [-0.15, -0.1) is 10.2 Å². The van der Waals surface area contributed by atoms with Gasteiger partial charge in [0, 0.05) is 31.7 Å². The average molecular weight is 490 g/mol. The fourth-order valence-electron chi connectivity index (χ4n) is 4.54. The number of piperidine rings is 1. The minimum atomic E-state index is -0.254. The van der Waals surface area contributed by atoms with Crippen molar-refractivity contribution in [1.29, 1.82) is 0 Å². The van der Waals surface area contributed by atoms with Crippen LogP contribution < -0.4 is 0 Å². The zero-order valence-corrected chi connectivity index (χ0v) is 20.4. The minimum absolute atomic E-state index is 0.00108. The first-order valence-electron chi connectivity index (χ1n) is 12.0. The zero-order valence-electron chi connectivity index (χ0n) is 20.4. The molecule has 0 atom stereocenters. The third-order valence-corrected chi connectivity index (χ3v) is 6.54. The molecule has 0 aliphatic carbocycles. The maximum Gasteiger partial charge on any atom is 0.244 e. The van der Waals surface area contributed by atoms with Crippen LogP contribution in [-0.2, 0) is 22.7 Å². The van der Waals surface area contributed by atoms with Gasteiger partial charge in [0.2, 0.25) is 17.7 Å². The second-order valence-electron chi connectivity index (χ2n) is 9.02. The van der Waals surface area contributed by atoms with E-state index in [0.717, 1.165) is 29.7 Å². The Hall–Kier alpha value is -3.85. The first-order chi connectivity index (χ1) is 17.5. The number of amides is 1. The van der Waals surface area contributed by atoms with E-state index in [9.17, 15) is 9.18 Å². The summed E-state index contributed by atoms with van der Waals surface area (Å²) in [6, 6.07) is 16.7. The van der Waals surface area contributed by atoms with E-state index in [1.54, 1.807) is 30.8 Å². The Balaban J connectivity index is 1.32. The summed E-state index contributed by atoms with van der Waals surface area (Å²) in [6.07, 6.45) is 1.51. The molecule has 4 aromatic rings. The maximum absolute atomic E-state index is 13.8. The van der Waals surface area contributed by atoms with E-state index < -0.39 is 0 Å². The van der Waals surface area contributed by atoms with Gasteiger partial charge in [-0.25, -0.2) is 4.39 Å². The minimum Gasteiger partial charge on any atom is -0.422 e. The third-order valence-electron chi connectivity index (χ3n) is 6.54. The van der Waals surface area contributed by atoms with E-state index in [0.29, 0.717) is 36.1 Å². The summed E-state index contributed by atoms with van der Waals surface area (Å²) in [5, 5.41) is 12.9. The highest BCUT2D eigenvalue weighted by atomic mass is 19.1. The molecule has 0 N–H and O–H groups in total. The lowest BCUT2D eigenvalue weighted by Gasteiger charge is -2.30. The first-order valence-corrected chi connectivity index (χ1v) is 12.0. The van der Waals surface area contributed by atoms with Crippen molar-refractivity contribution in [3.05, 3.63) is 77.8 Å². The van der Waals surface area contributed by atoms with E-state index >= 15 is 0 Å². The number of nitrogens with zero attached hydrogens (tertiary/aromatic N) is 5. The van der Waals surface area contributed by atoms with Crippen molar-refractivity contribution in [2.24, 2.45) is 0 Å². The Morgan fingerprint density at radius 2 is 1.86 bits per heavy atom. The lowest BCUT2D eigenvalue weighted by molar-refractivity contribution is -0.133. The van der Waals surface area contributed by atoms with Crippen LogP contribution in [0.3, 0.4) is 0 Å². The van der Waals surface area contributed by atoms with Crippen LogP contribution >= 0.6 is 0 Å². The standard InChI is InChI=1S/C27H28FN5O3/c1-18-14-21(8-9-22(18)28)23-15-24(19-6-4-3-5-7-19)33(31-23)16-26(34)32-12-10-20(11-13-32)27-30-29-25(36-27)17-35-2/h3-9,14-15,20H,10-13,16-17H2,1-2H3. The van der Waals surface area contributed by atoms with Crippen molar-refractivity contribution in [1.82, 2.24) is 24.9 Å². The summed E-state index contributed by atoms with van der Waals surface area (Å²) in [5.74, 6) is 0.943. The number of benzene rings is 2. The average Bonchev–Trinajstić information content (AvgIpc) is 3.54. The summed E-state index contributed by atoms with van der Waals surface area (Å²) < 4.78 is 26.3. The van der Waals surface area contributed by atoms with Gasteiger partial charge in [0.1, 0.15) is 19.0 Å². The first kappa shape index (κ1) is 23.9. The molecule has 2 aromatic carbocycles. The number of rotatable bonds is 7. The molecule has 36 heavy (non-hydrogen) atoms. The molecule has 0 spiro atoms. The normalized spacial score (nSPS) is 14.4. The van der Waals surface area contributed by atoms with E-state index in [-0.39, 0.29) is 30.8 Å². The van der Waals surface area contributed by atoms with Crippen molar-refractivity contribution in [3.8, 4) is 22.5 Å². The topological polar surface area (TPSA) is 86.3 Å². The van der Waals surface area contributed by atoms with Gasteiger partial charge < -0.3 is 14.1 Å². The number of likely N-dealkylation sites (tertiary alicyclic amines) is 1. The Kier molecular flexibility index (Phi) is 6.90. The van der Waals surface area contributed by atoms with Gasteiger partial charge >= 0.3 is 0 Å². The highest BCUT2D eigenvalue weighted by Crippen LogP contribution is 2.29. The number of hydrogen-bond donors (Lipinski definition) is 0. The van der Waals surface area contributed by atoms with Crippen molar-refractivity contribution >= 4 is 5.91 Å². The predicted octanol–water partition coefficient (Wildman–Crippen LogP) is 4.60. The molecule has 1 saturated heterocycles. The number of methoxy groups -OCH3 is 1. The molecule has 1 aliphatic heterocycles. The van der Waals surface area contributed by atoms with E-state index in [1.165, 1.54) is 6.07 Å². The quantitative estimate of drug-likeness (QED) is 0.377. The molecule has 3 heterocycles. The molecule has 0 bridgehead atoms. The Morgan fingerprint density at radius 1 is 1.08 bits per heavy atom. The lowest BCUT2D eigenvalue weighted by atomic mass is 9.97. The summed E-state index contributed by atoms with van der Waals surface area (Å²) in [7, 11) is 1.58. The third kappa shape index (κ3) is 5.06. The number of aromatic nitrogens is 4. The molecule has 0 unspecified atom stereocenters. The summed E-state index contributed by atoms with van der Waals surface area (Å²) in [5.41, 5.74) is 3.87. The fraction of sp³-hybridized carbons (Fsp3) is 0.333. The Bertz CT molecular complexity index is 1340. The molecule has 186 valence electrons. The van der Waals surface area contributed by atoms with E-state index in [4.69, 9.17) is 14.3 Å². The molecule has 5 rings (SSSR count). The molecular weight excluding hydrogens is 461 g/mol. The highest BCUT2D eigenvalue weighted by Gasteiger charge is 2.28. The SMILES string of the molecule is COCc1nnc(C2CCN(C(=O)Cn3nc(-c4ccc(F)c(C)c4)cc3-c3ccccc3)CC2)o1. The molecular formula is C27H28FN5O3. The predicted molar refractivity (Wildman–Crippen MR) is 131 cm³/mol. The monoisotopic (exact) mass is 489 g/mol. The van der Waals surface area contributed by atoms with Crippen LogP contribution in [0.15, 0.2) is 59.0 Å². The number of hydrogen-bond acceptors (Lipinski definition) is 6. The van der Waals surface area contributed by atoms with Crippen LogP contribution in [0.25, 0.3) is 22.5 Å². The van der Waals surface area contributed by atoms with Gasteiger partial charge in [0.05, 0.1) is 11.4 Å². The molecule has 0 radical (unpaired) electrons. The molecule has 1 aliphatic rings. The molecule has 0 saturated carbocycles. The highest BCUT2D eigenvalue weighted by molar-refractivity contribution is 5.78. The van der Waals surface area contributed by atoms with Crippen molar-refractivity contribution < 1.29 is 18.3 Å².